The number of nitrogens with zero attached hydrogens (tertiary/aromatic N) is 1. The molecule has 2 nitrogen and oxygen atoms in total. The lowest BCUT2D eigenvalue weighted by atomic mass is 10.2. The number of rotatable bonds is 1. The summed E-state index contributed by atoms with van der Waals surface area (Å²) in [6.45, 7) is 0. The third kappa shape index (κ3) is 2.10. The van der Waals surface area contributed by atoms with Crippen molar-refractivity contribution in [3.63, 3.8) is 0 Å². The molecule has 0 aromatic heterocycles. The van der Waals surface area contributed by atoms with Gasteiger partial charge in [-0.25, -0.2) is 0 Å². The van der Waals surface area contributed by atoms with Crippen molar-refractivity contribution in [3.05, 3.63) is 33.8 Å². The number of halogens is 2. The summed E-state index contributed by atoms with van der Waals surface area (Å²) in [6.07, 6.45) is 1.23. The van der Waals surface area contributed by atoms with E-state index in [4.69, 9.17) is 28.4 Å². The Balaban J connectivity index is 3.12. The Morgan fingerprint density at radius 3 is 2.73 bits per heavy atom. The molecule has 11 heavy (non-hydrogen) atoms. The minimum atomic E-state index is 0.507. The molecular weight excluding hydrogens is 185 g/mol. The summed E-state index contributed by atoms with van der Waals surface area (Å²) in [7, 11) is 0. The van der Waals surface area contributed by atoms with E-state index in [0.29, 0.717) is 15.6 Å². The normalized spacial score (nSPS) is 10.7. The van der Waals surface area contributed by atoms with E-state index in [2.05, 4.69) is 5.16 Å². The highest BCUT2D eigenvalue weighted by Crippen LogP contribution is 2.18. The first-order valence-corrected chi connectivity index (χ1v) is 3.62. The van der Waals surface area contributed by atoms with E-state index in [-0.39, 0.29) is 0 Å². The molecule has 1 aromatic rings. The molecule has 0 aliphatic carbocycles. The fourth-order valence-electron chi connectivity index (χ4n) is 0.676. The zero-order chi connectivity index (χ0) is 8.27. The molecule has 1 N–H and O–H groups in total. The van der Waals surface area contributed by atoms with Gasteiger partial charge >= 0.3 is 0 Å². The highest BCUT2D eigenvalue weighted by Gasteiger charge is 1.97. The van der Waals surface area contributed by atoms with Gasteiger partial charge in [0, 0.05) is 15.6 Å². The van der Waals surface area contributed by atoms with Crippen LogP contribution in [0.1, 0.15) is 5.56 Å². The van der Waals surface area contributed by atoms with E-state index in [9.17, 15) is 0 Å². The van der Waals surface area contributed by atoms with Gasteiger partial charge in [-0.2, -0.15) is 0 Å². The van der Waals surface area contributed by atoms with Gasteiger partial charge < -0.3 is 5.21 Å². The van der Waals surface area contributed by atoms with Crippen LogP contribution in [0, 0.1) is 0 Å². The zero-order valence-corrected chi connectivity index (χ0v) is 6.97. The molecule has 0 atom stereocenters. The predicted molar refractivity (Wildman–Crippen MR) is 45.8 cm³/mol. The number of oxime groups is 1. The van der Waals surface area contributed by atoms with Crippen LogP contribution in [0.2, 0.25) is 10.0 Å². The summed E-state index contributed by atoms with van der Waals surface area (Å²) in [4.78, 5) is 0. The van der Waals surface area contributed by atoms with Crippen molar-refractivity contribution in [2.75, 3.05) is 0 Å². The molecule has 0 heterocycles. The highest BCUT2D eigenvalue weighted by atomic mass is 35.5. The van der Waals surface area contributed by atoms with Crippen LogP contribution in [-0.4, -0.2) is 11.4 Å². The van der Waals surface area contributed by atoms with E-state index in [0.717, 1.165) is 0 Å². The molecule has 1 aromatic carbocycles. The minimum absolute atomic E-state index is 0.507. The van der Waals surface area contributed by atoms with Gasteiger partial charge in [0.05, 0.1) is 6.21 Å². The molecule has 0 spiro atoms. The SMILES string of the molecule is ON=Cc1cc(Cl)ccc1Cl. The molecule has 0 amide bonds. The lowest BCUT2D eigenvalue weighted by molar-refractivity contribution is 0.322. The van der Waals surface area contributed by atoms with E-state index in [1.54, 1.807) is 18.2 Å². The Hall–Kier alpha value is -0.730. The summed E-state index contributed by atoms with van der Waals surface area (Å²) < 4.78 is 0. The van der Waals surface area contributed by atoms with Gasteiger partial charge in [0.25, 0.3) is 0 Å². The lowest BCUT2D eigenvalue weighted by Crippen LogP contribution is -1.81. The quantitative estimate of drug-likeness (QED) is 0.412. The zero-order valence-electron chi connectivity index (χ0n) is 5.46. The van der Waals surface area contributed by atoms with Crippen LogP contribution in [0.4, 0.5) is 0 Å². The van der Waals surface area contributed by atoms with Gasteiger partial charge in [0.1, 0.15) is 0 Å². The molecule has 58 valence electrons. The molecule has 0 saturated heterocycles. The highest BCUT2D eigenvalue weighted by molar-refractivity contribution is 6.35. The van der Waals surface area contributed by atoms with Crippen LogP contribution in [-0.2, 0) is 0 Å². The van der Waals surface area contributed by atoms with E-state index < -0.39 is 0 Å². The van der Waals surface area contributed by atoms with Crippen LogP contribution in [0.3, 0.4) is 0 Å². The van der Waals surface area contributed by atoms with Crippen molar-refractivity contribution in [2.24, 2.45) is 5.16 Å². The van der Waals surface area contributed by atoms with Gasteiger partial charge in [0.2, 0.25) is 0 Å². The average Bonchev–Trinajstić information content (AvgIpc) is 1.98. The Kier molecular flexibility index (Phi) is 2.74. The van der Waals surface area contributed by atoms with Gasteiger partial charge in [0.15, 0.2) is 0 Å². The first-order valence-electron chi connectivity index (χ1n) is 2.86. The maximum Gasteiger partial charge on any atom is 0.0749 e. The van der Waals surface area contributed by atoms with Crippen molar-refractivity contribution in [1.82, 2.24) is 0 Å². The third-order valence-electron chi connectivity index (χ3n) is 1.15. The third-order valence-corrected chi connectivity index (χ3v) is 1.73. The maximum atomic E-state index is 8.20. The Morgan fingerprint density at radius 2 is 2.09 bits per heavy atom. The molecule has 0 aliphatic rings. The summed E-state index contributed by atoms with van der Waals surface area (Å²) in [5.74, 6) is 0. The van der Waals surface area contributed by atoms with Crippen LogP contribution in [0.25, 0.3) is 0 Å². The maximum absolute atomic E-state index is 8.20. The number of hydrogen-bond donors (Lipinski definition) is 1. The van der Waals surface area contributed by atoms with Gasteiger partial charge in [-0.3, -0.25) is 0 Å². The lowest BCUT2D eigenvalue weighted by Gasteiger charge is -1.95. The number of hydrogen-bond acceptors (Lipinski definition) is 2. The molecule has 0 fully saturated rings. The van der Waals surface area contributed by atoms with Crippen molar-refractivity contribution < 1.29 is 5.21 Å². The van der Waals surface area contributed by atoms with Crippen LogP contribution in [0.15, 0.2) is 23.4 Å². The van der Waals surface area contributed by atoms with Crippen LogP contribution in [0.5, 0.6) is 0 Å². The molecule has 0 bridgehead atoms. The topological polar surface area (TPSA) is 32.6 Å². The van der Waals surface area contributed by atoms with Gasteiger partial charge in [-0.1, -0.05) is 28.4 Å². The smallest absolute Gasteiger partial charge is 0.0749 e. The fourth-order valence-corrected chi connectivity index (χ4v) is 1.02. The summed E-state index contributed by atoms with van der Waals surface area (Å²) in [5.41, 5.74) is 0.599. The molecule has 1 rings (SSSR count). The van der Waals surface area contributed by atoms with Crippen LogP contribution >= 0.6 is 23.2 Å². The fraction of sp³-hybridized carbons (Fsp3) is 0. The van der Waals surface area contributed by atoms with Gasteiger partial charge in [-0.15, -0.1) is 0 Å². The first kappa shape index (κ1) is 8.37. The van der Waals surface area contributed by atoms with Crippen molar-refractivity contribution >= 4 is 29.4 Å². The first-order chi connectivity index (χ1) is 5.24. The van der Waals surface area contributed by atoms with Crippen molar-refractivity contribution in [1.29, 1.82) is 0 Å². The second-order valence-electron chi connectivity index (χ2n) is 1.91. The van der Waals surface area contributed by atoms with E-state index >= 15 is 0 Å². The molecular formula is C7H5Cl2NO. The Labute approximate surface area is 74.0 Å². The second kappa shape index (κ2) is 3.60. The predicted octanol–water partition coefficient (Wildman–Crippen LogP) is 2.80. The Bertz CT molecular complexity index is 286. The van der Waals surface area contributed by atoms with Crippen LogP contribution < -0.4 is 0 Å². The average molecular weight is 190 g/mol. The Morgan fingerprint density at radius 1 is 1.36 bits per heavy atom. The summed E-state index contributed by atoms with van der Waals surface area (Å²) >= 11 is 11.4. The van der Waals surface area contributed by atoms with Crippen molar-refractivity contribution in [2.45, 2.75) is 0 Å². The van der Waals surface area contributed by atoms with Gasteiger partial charge in [-0.05, 0) is 18.2 Å². The minimum Gasteiger partial charge on any atom is -0.411 e. The standard InChI is InChI=1S/C7H5Cl2NO/c8-6-1-2-7(9)5(3-6)4-10-11/h1-4,11H. The summed E-state index contributed by atoms with van der Waals surface area (Å²) in [6, 6.07) is 4.92. The molecule has 0 saturated carbocycles. The summed E-state index contributed by atoms with van der Waals surface area (Å²) in [5, 5.41) is 12.1. The number of benzene rings is 1. The van der Waals surface area contributed by atoms with E-state index in [1.165, 1.54) is 6.21 Å². The largest absolute Gasteiger partial charge is 0.411 e. The monoisotopic (exact) mass is 189 g/mol. The molecule has 0 aliphatic heterocycles. The molecule has 4 heteroatoms. The van der Waals surface area contributed by atoms with E-state index in [1.807, 2.05) is 0 Å². The molecule has 0 radical (unpaired) electrons. The van der Waals surface area contributed by atoms with Crippen molar-refractivity contribution in [3.8, 4) is 0 Å². The molecule has 0 unspecified atom stereocenters. The second-order valence-corrected chi connectivity index (χ2v) is 2.75.